The first-order valence-electron chi connectivity index (χ1n) is 9.78. The van der Waals surface area contributed by atoms with Crippen LogP contribution in [0.4, 0.5) is 23.2 Å². The number of hydrogen-bond acceptors (Lipinski definition) is 5. The van der Waals surface area contributed by atoms with E-state index in [9.17, 15) is 30.8 Å². The van der Waals surface area contributed by atoms with E-state index in [1.54, 1.807) is 31.4 Å². The molecule has 0 aromatic heterocycles. The molecule has 2 aromatic carbocycles. The van der Waals surface area contributed by atoms with Gasteiger partial charge in [0, 0.05) is 19.3 Å². The Bertz CT molecular complexity index is 1100. The lowest BCUT2D eigenvalue weighted by atomic mass is 9.95. The van der Waals surface area contributed by atoms with Crippen LogP contribution in [0.3, 0.4) is 0 Å². The number of carboxylic acid groups (broad SMARTS) is 1. The summed E-state index contributed by atoms with van der Waals surface area (Å²) >= 11 is 0. The minimum Gasteiger partial charge on any atom is -0.475 e. The third-order valence-corrected chi connectivity index (χ3v) is 6.23. The van der Waals surface area contributed by atoms with E-state index in [2.05, 4.69) is 10.0 Å². The zero-order valence-corrected chi connectivity index (χ0v) is 18.7. The smallest absolute Gasteiger partial charge is 0.475 e. The molecule has 1 aliphatic rings. The Labute approximate surface area is 193 Å². The number of ether oxygens (including phenoxy) is 1. The molecule has 1 saturated carbocycles. The van der Waals surface area contributed by atoms with Crippen molar-refractivity contribution in [3.05, 3.63) is 59.9 Å². The fourth-order valence-electron chi connectivity index (χ4n) is 2.89. The molecular formula is C21H22F4N2O6S. The van der Waals surface area contributed by atoms with Gasteiger partial charge >= 0.3 is 12.1 Å². The van der Waals surface area contributed by atoms with Crippen molar-refractivity contribution >= 4 is 27.6 Å². The summed E-state index contributed by atoms with van der Waals surface area (Å²) in [6, 6.07) is 11.4. The molecule has 0 saturated heterocycles. The van der Waals surface area contributed by atoms with Crippen molar-refractivity contribution in [1.29, 1.82) is 0 Å². The van der Waals surface area contributed by atoms with Crippen LogP contribution in [-0.4, -0.2) is 51.8 Å². The third-order valence-electron chi connectivity index (χ3n) is 4.83. The number of nitrogens with one attached hydrogen (secondary N) is 2. The van der Waals surface area contributed by atoms with Crippen molar-refractivity contribution in [3.8, 4) is 0 Å². The lowest BCUT2D eigenvalue weighted by molar-refractivity contribution is -0.192. The molecular weight excluding hydrogens is 484 g/mol. The maximum atomic E-state index is 13.0. The zero-order chi connectivity index (χ0) is 25.6. The second kappa shape index (κ2) is 10.8. The fraction of sp³-hybridized carbons (Fsp3) is 0.333. The molecule has 0 atom stereocenters. The molecule has 1 fully saturated rings. The van der Waals surface area contributed by atoms with Crippen LogP contribution in [-0.2, 0) is 29.8 Å². The summed E-state index contributed by atoms with van der Waals surface area (Å²) < 4.78 is 76.8. The predicted molar refractivity (Wildman–Crippen MR) is 113 cm³/mol. The minimum atomic E-state index is -5.08. The SMILES string of the molecule is COCCNC(=O)C1(c2ccc(NS(=O)(=O)c3ccc(F)cc3)cc2)CC1.O=C(O)C(F)(F)F. The molecule has 1 amide bonds. The van der Waals surface area contributed by atoms with Crippen molar-refractivity contribution in [3.63, 3.8) is 0 Å². The molecule has 0 aliphatic heterocycles. The number of amides is 1. The van der Waals surface area contributed by atoms with E-state index in [-0.39, 0.29) is 10.8 Å². The molecule has 3 rings (SSSR count). The summed E-state index contributed by atoms with van der Waals surface area (Å²) in [6.07, 6.45) is -3.57. The maximum Gasteiger partial charge on any atom is 0.490 e. The highest BCUT2D eigenvalue weighted by Crippen LogP contribution is 2.48. The summed E-state index contributed by atoms with van der Waals surface area (Å²) in [7, 11) is -2.23. The first-order valence-corrected chi connectivity index (χ1v) is 11.3. The normalized spacial score (nSPS) is 14.4. The van der Waals surface area contributed by atoms with Gasteiger partial charge in [-0.1, -0.05) is 12.1 Å². The van der Waals surface area contributed by atoms with Crippen molar-refractivity contribution in [2.24, 2.45) is 0 Å². The zero-order valence-electron chi connectivity index (χ0n) is 17.9. The minimum absolute atomic E-state index is 0.0239. The quantitative estimate of drug-likeness (QED) is 0.374. The molecule has 1 aliphatic carbocycles. The van der Waals surface area contributed by atoms with Crippen LogP contribution >= 0.6 is 0 Å². The maximum absolute atomic E-state index is 13.0. The molecule has 0 heterocycles. The molecule has 0 unspecified atom stereocenters. The van der Waals surface area contributed by atoms with Gasteiger partial charge in [0.05, 0.1) is 16.9 Å². The monoisotopic (exact) mass is 506 g/mol. The lowest BCUT2D eigenvalue weighted by Crippen LogP contribution is -2.36. The molecule has 2 aromatic rings. The molecule has 13 heteroatoms. The van der Waals surface area contributed by atoms with Gasteiger partial charge in [0.15, 0.2) is 0 Å². The Hall–Kier alpha value is -3.19. The van der Waals surface area contributed by atoms with E-state index in [1.165, 1.54) is 12.1 Å². The molecule has 0 radical (unpaired) electrons. The van der Waals surface area contributed by atoms with Gasteiger partial charge in [-0.3, -0.25) is 9.52 Å². The number of alkyl halides is 3. The summed E-state index contributed by atoms with van der Waals surface area (Å²) in [4.78, 5) is 21.3. The summed E-state index contributed by atoms with van der Waals surface area (Å²) in [5.41, 5.74) is 0.683. The standard InChI is InChI=1S/C19H21FN2O4S.C2HF3O2/c1-26-13-12-21-18(23)19(10-11-19)14-2-6-16(7-3-14)22-27(24,25)17-8-4-15(20)5-9-17;3-2(4,5)1(6)7/h2-9,22H,10-13H2,1H3,(H,21,23);(H,6,7). The van der Waals surface area contributed by atoms with Gasteiger partial charge < -0.3 is 15.2 Å². The number of aliphatic carboxylic acids is 1. The highest BCUT2D eigenvalue weighted by molar-refractivity contribution is 7.92. The van der Waals surface area contributed by atoms with Crippen molar-refractivity contribution in [2.75, 3.05) is 25.0 Å². The number of sulfonamides is 1. The Kier molecular flexibility index (Phi) is 8.61. The van der Waals surface area contributed by atoms with Crippen LogP contribution in [0, 0.1) is 5.82 Å². The summed E-state index contributed by atoms with van der Waals surface area (Å²) in [5, 5.41) is 9.98. The van der Waals surface area contributed by atoms with Crippen LogP contribution in [0.1, 0.15) is 18.4 Å². The number of carbonyl (C=O) groups is 2. The Balaban J connectivity index is 0.000000509. The number of hydrogen-bond donors (Lipinski definition) is 3. The highest BCUT2D eigenvalue weighted by atomic mass is 32.2. The molecule has 34 heavy (non-hydrogen) atoms. The molecule has 0 bridgehead atoms. The number of carbonyl (C=O) groups excluding carboxylic acids is 1. The number of anilines is 1. The molecule has 3 N–H and O–H groups in total. The van der Waals surface area contributed by atoms with Gasteiger partial charge in [-0.2, -0.15) is 13.2 Å². The number of methoxy groups -OCH3 is 1. The first-order chi connectivity index (χ1) is 15.8. The van der Waals surface area contributed by atoms with Crippen LogP contribution < -0.4 is 10.0 Å². The number of halogens is 4. The average molecular weight is 506 g/mol. The second-order valence-corrected chi connectivity index (χ2v) is 8.95. The predicted octanol–water partition coefficient (Wildman–Crippen LogP) is 3.05. The highest BCUT2D eigenvalue weighted by Gasteiger charge is 2.51. The Morgan fingerprint density at radius 1 is 1.06 bits per heavy atom. The number of rotatable bonds is 8. The van der Waals surface area contributed by atoms with Crippen molar-refractivity contribution in [1.82, 2.24) is 5.32 Å². The average Bonchev–Trinajstić information content (AvgIpc) is 3.56. The van der Waals surface area contributed by atoms with Gasteiger partial charge in [0.25, 0.3) is 10.0 Å². The Morgan fingerprint density at radius 2 is 1.59 bits per heavy atom. The van der Waals surface area contributed by atoms with Crippen LogP contribution in [0.15, 0.2) is 53.4 Å². The molecule has 8 nitrogen and oxygen atoms in total. The molecule has 0 spiro atoms. The van der Waals surface area contributed by atoms with E-state index in [4.69, 9.17) is 14.6 Å². The summed E-state index contributed by atoms with van der Waals surface area (Å²) in [6.45, 7) is 0.901. The van der Waals surface area contributed by atoms with E-state index in [0.29, 0.717) is 18.8 Å². The van der Waals surface area contributed by atoms with Crippen LogP contribution in [0.25, 0.3) is 0 Å². The second-order valence-electron chi connectivity index (χ2n) is 7.27. The summed E-state index contributed by atoms with van der Waals surface area (Å²) in [5.74, 6) is -3.30. The van der Waals surface area contributed by atoms with Crippen LogP contribution in [0.2, 0.25) is 0 Å². The van der Waals surface area contributed by atoms with E-state index in [0.717, 1.165) is 30.5 Å². The third kappa shape index (κ3) is 7.15. The number of carboxylic acids is 1. The van der Waals surface area contributed by atoms with E-state index >= 15 is 0 Å². The largest absolute Gasteiger partial charge is 0.490 e. The van der Waals surface area contributed by atoms with Crippen LogP contribution in [0.5, 0.6) is 0 Å². The van der Waals surface area contributed by atoms with Gasteiger partial charge in [-0.15, -0.1) is 0 Å². The van der Waals surface area contributed by atoms with E-state index < -0.39 is 33.4 Å². The van der Waals surface area contributed by atoms with E-state index in [1.807, 2.05) is 0 Å². The Morgan fingerprint density at radius 3 is 2.03 bits per heavy atom. The topological polar surface area (TPSA) is 122 Å². The number of benzene rings is 2. The van der Waals surface area contributed by atoms with Crippen molar-refractivity contribution < 1.29 is 45.4 Å². The first kappa shape index (κ1) is 27.1. The van der Waals surface area contributed by atoms with Gasteiger partial charge in [-0.25, -0.2) is 17.6 Å². The van der Waals surface area contributed by atoms with Gasteiger partial charge in [0.2, 0.25) is 5.91 Å². The van der Waals surface area contributed by atoms with Gasteiger partial charge in [0.1, 0.15) is 5.82 Å². The molecule has 186 valence electrons. The van der Waals surface area contributed by atoms with Gasteiger partial charge in [-0.05, 0) is 54.8 Å². The lowest BCUT2D eigenvalue weighted by Gasteiger charge is -2.16. The van der Waals surface area contributed by atoms with Crippen molar-refractivity contribution in [2.45, 2.75) is 29.3 Å². The fourth-order valence-corrected chi connectivity index (χ4v) is 3.95.